The molecule has 0 aliphatic carbocycles. The number of aliphatic imine (C=N–C) groups is 2. The highest BCUT2D eigenvalue weighted by Crippen LogP contribution is 2.29. The number of methoxy groups -OCH3 is 2. The first-order valence-corrected chi connectivity index (χ1v) is 8.36. The zero-order valence-electron chi connectivity index (χ0n) is 14.8. The van der Waals surface area contributed by atoms with Crippen LogP contribution in [0.15, 0.2) is 45.7 Å². The molecule has 3 heterocycles. The minimum absolute atomic E-state index is 0.177. The van der Waals surface area contributed by atoms with Crippen molar-refractivity contribution < 1.29 is 18.9 Å². The highest BCUT2D eigenvalue weighted by molar-refractivity contribution is 6.30. The first kappa shape index (κ1) is 16.7. The Bertz CT molecular complexity index is 790. The number of fused-ring (bicyclic) bond motifs is 1. The van der Waals surface area contributed by atoms with E-state index >= 15 is 0 Å². The molecule has 4 rings (SSSR count). The average Bonchev–Trinajstić information content (AvgIpc) is 3.07. The summed E-state index contributed by atoms with van der Waals surface area (Å²) in [7, 11) is 3.23. The molecule has 1 N–H and O–H groups in total. The molecule has 9 nitrogen and oxygen atoms in total. The zero-order chi connectivity index (χ0) is 18.0. The summed E-state index contributed by atoms with van der Waals surface area (Å²) in [5.74, 6) is 2.62. The van der Waals surface area contributed by atoms with Crippen molar-refractivity contribution in [2.75, 3.05) is 45.8 Å². The van der Waals surface area contributed by atoms with E-state index in [0.717, 1.165) is 24.6 Å². The van der Waals surface area contributed by atoms with Gasteiger partial charge in [0.2, 0.25) is 0 Å². The van der Waals surface area contributed by atoms with Crippen LogP contribution in [0.5, 0.6) is 11.5 Å². The predicted molar refractivity (Wildman–Crippen MR) is 98.3 cm³/mol. The number of guanidine groups is 1. The molecule has 1 aromatic carbocycles. The van der Waals surface area contributed by atoms with Crippen LogP contribution >= 0.6 is 0 Å². The molecule has 1 saturated heterocycles. The second-order valence-corrected chi connectivity index (χ2v) is 5.91. The Balaban J connectivity index is 1.64. The van der Waals surface area contributed by atoms with Crippen LogP contribution < -0.4 is 14.8 Å². The number of ether oxygens (including phenoxy) is 3. The minimum Gasteiger partial charge on any atom is -0.497 e. The number of morpholine rings is 1. The van der Waals surface area contributed by atoms with Crippen LogP contribution in [0.25, 0.3) is 0 Å². The summed E-state index contributed by atoms with van der Waals surface area (Å²) in [6, 6.07) is 5.55. The number of nitrogens with zero attached hydrogens (tertiary/aromatic N) is 5. The van der Waals surface area contributed by atoms with Crippen LogP contribution in [0.2, 0.25) is 0 Å². The van der Waals surface area contributed by atoms with Gasteiger partial charge in [0.25, 0.3) is 5.96 Å². The van der Waals surface area contributed by atoms with Gasteiger partial charge >= 0.3 is 5.84 Å². The first-order valence-electron chi connectivity index (χ1n) is 8.36. The van der Waals surface area contributed by atoms with Gasteiger partial charge in [0.05, 0.1) is 46.7 Å². The van der Waals surface area contributed by atoms with Crippen molar-refractivity contribution in [3.8, 4) is 11.5 Å². The molecular weight excluding hydrogens is 336 g/mol. The summed E-state index contributed by atoms with van der Waals surface area (Å²) in [5, 5.41) is 10.3. The molecule has 0 aromatic heterocycles. The molecule has 26 heavy (non-hydrogen) atoms. The number of amidine groups is 1. The third-order valence-electron chi connectivity index (χ3n) is 4.38. The summed E-state index contributed by atoms with van der Waals surface area (Å²) in [6.45, 7) is 2.87. The Morgan fingerprint density at radius 1 is 1.12 bits per heavy atom. The van der Waals surface area contributed by atoms with Gasteiger partial charge in [-0.2, -0.15) is 0 Å². The number of hydrogen-bond acceptors (Lipinski definition) is 8. The summed E-state index contributed by atoms with van der Waals surface area (Å²) in [4.78, 5) is 8.83. The number of hydrogen-bond donors (Lipinski definition) is 1. The fraction of sp³-hybridized carbons (Fsp3) is 0.353. The highest BCUT2D eigenvalue weighted by atomic mass is 16.5. The highest BCUT2D eigenvalue weighted by Gasteiger charge is 2.47. The quantitative estimate of drug-likeness (QED) is 0.825. The lowest BCUT2D eigenvalue weighted by atomic mass is 10.3. The van der Waals surface area contributed by atoms with Crippen molar-refractivity contribution >= 4 is 23.7 Å². The van der Waals surface area contributed by atoms with Crippen LogP contribution in [0, 0.1) is 0 Å². The Hall–Kier alpha value is -2.75. The zero-order valence-corrected chi connectivity index (χ0v) is 14.8. The fourth-order valence-corrected chi connectivity index (χ4v) is 3.09. The molecule has 0 radical (unpaired) electrons. The van der Waals surface area contributed by atoms with Crippen LogP contribution in [0.1, 0.15) is 0 Å². The van der Waals surface area contributed by atoms with E-state index in [-0.39, 0.29) is 4.70 Å². The van der Waals surface area contributed by atoms with Crippen LogP contribution in [0.4, 0.5) is 5.69 Å². The summed E-state index contributed by atoms with van der Waals surface area (Å²) < 4.78 is 16.3. The lowest BCUT2D eigenvalue weighted by molar-refractivity contribution is -0.919. The molecule has 136 valence electrons. The maximum absolute atomic E-state index is 5.47. The van der Waals surface area contributed by atoms with Crippen molar-refractivity contribution in [2.24, 2.45) is 15.1 Å². The van der Waals surface area contributed by atoms with E-state index in [1.165, 1.54) is 0 Å². The molecule has 0 saturated carbocycles. The first-order chi connectivity index (χ1) is 12.7. The van der Waals surface area contributed by atoms with E-state index in [2.05, 4.69) is 20.3 Å². The lowest BCUT2D eigenvalue weighted by Gasteiger charge is -2.36. The lowest BCUT2D eigenvalue weighted by Crippen LogP contribution is -2.59. The second kappa shape index (κ2) is 6.87. The van der Waals surface area contributed by atoms with E-state index in [1.807, 2.05) is 24.4 Å². The molecule has 0 spiro atoms. The second-order valence-electron chi connectivity index (χ2n) is 5.91. The van der Waals surface area contributed by atoms with Crippen molar-refractivity contribution in [3.05, 3.63) is 30.6 Å². The Morgan fingerprint density at radius 3 is 2.54 bits per heavy atom. The predicted octanol–water partition coefficient (Wildman–Crippen LogP) is 1.42. The van der Waals surface area contributed by atoms with E-state index in [0.29, 0.717) is 30.7 Å². The SMILES string of the molecule is COc1cc(NC2=N[N+]3(N4CCOCC4)C=CN=CC3=N2)cc(OC)c1. The average molecular weight is 357 g/mol. The van der Waals surface area contributed by atoms with E-state index in [1.54, 1.807) is 26.6 Å². The van der Waals surface area contributed by atoms with Gasteiger partial charge < -0.3 is 19.5 Å². The molecule has 1 fully saturated rings. The molecule has 3 aliphatic heterocycles. The van der Waals surface area contributed by atoms with E-state index in [9.17, 15) is 0 Å². The molecule has 3 aliphatic rings. The maximum atomic E-state index is 5.47. The molecule has 1 aromatic rings. The van der Waals surface area contributed by atoms with E-state index < -0.39 is 0 Å². The van der Waals surface area contributed by atoms with Crippen molar-refractivity contribution in [1.82, 2.24) is 5.01 Å². The number of nitrogens with one attached hydrogen (secondary N) is 1. The van der Waals surface area contributed by atoms with Gasteiger partial charge in [0.15, 0.2) is 6.20 Å². The molecule has 1 unspecified atom stereocenters. The van der Waals surface area contributed by atoms with Gasteiger partial charge in [-0.15, -0.1) is 10.0 Å². The minimum atomic E-state index is 0.177. The summed E-state index contributed by atoms with van der Waals surface area (Å²) in [5.41, 5.74) is 0.783. The van der Waals surface area contributed by atoms with E-state index in [4.69, 9.17) is 19.3 Å². The molecule has 0 amide bonds. The van der Waals surface area contributed by atoms with Crippen LogP contribution in [-0.2, 0) is 4.74 Å². The van der Waals surface area contributed by atoms with Crippen LogP contribution in [0.3, 0.4) is 0 Å². The normalized spacial score (nSPS) is 24.7. The number of quaternary nitrogens is 1. The Morgan fingerprint density at radius 2 is 1.85 bits per heavy atom. The van der Waals surface area contributed by atoms with Gasteiger partial charge in [0.1, 0.15) is 17.7 Å². The third-order valence-corrected chi connectivity index (χ3v) is 4.38. The fourth-order valence-electron chi connectivity index (χ4n) is 3.09. The van der Waals surface area contributed by atoms with Gasteiger partial charge in [-0.25, -0.2) is 0 Å². The van der Waals surface area contributed by atoms with Gasteiger partial charge in [-0.05, 0) is 9.80 Å². The van der Waals surface area contributed by atoms with Crippen molar-refractivity contribution in [3.63, 3.8) is 0 Å². The molecule has 0 bridgehead atoms. The molecular formula is C17H21N6O3+. The third kappa shape index (κ3) is 2.96. The smallest absolute Gasteiger partial charge is 0.301 e. The Labute approximate surface area is 151 Å². The number of anilines is 1. The number of rotatable bonds is 4. The summed E-state index contributed by atoms with van der Waals surface area (Å²) >= 11 is 0. The van der Waals surface area contributed by atoms with Crippen molar-refractivity contribution in [1.29, 1.82) is 0 Å². The molecule has 9 heteroatoms. The molecule has 1 atom stereocenters. The largest absolute Gasteiger partial charge is 0.497 e. The van der Waals surface area contributed by atoms with Gasteiger partial charge in [-0.3, -0.25) is 4.99 Å². The topological polar surface area (TPSA) is 80.0 Å². The van der Waals surface area contributed by atoms with Crippen molar-refractivity contribution in [2.45, 2.75) is 0 Å². The standard InChI is InChI=1S/C17H21N6O3/c1-24-14-9-13(10-15(11-14)25-2)19-17-20-16-12-18-3-6-23(16,21-17)22-4-7-26-8-5-22/h3,6,9-12H,4-5,7-8H2,1-2H3,(H,19,21)/q+1. The Kier molecular flexibility index (Phi) is 4.41. The van der Waals surface area contributed by atoms with Crippen LogP contribution in [-0.4, -0.2) is 68.2 Å². The van der Waals surface area contributed by atoms with Gasteiger partial charge in [-0.1, -0.05) is 0 Å². The maximum Gasteiger partial charge on any atom is 0.301 e. The van der Waals surface area contributed by atoms with Gasteiger partial charge in [0, 0.05) is 23.9 Å². The summed E-state index contributed by atoms with van der Waals surface area (Å²) in [6.07, 6.45) is 5.40. The number of benzene rings is 1. The monoisotopic (exact) mass is 357 g/mol.